The summed E-state index contributed by atoms with van der Waals surface area (Å²) < 4.78 is 5.10. The van der Waals surface area contributed by atoms with E-state index in [0.717, 1.165) is 69.5 Å². The average molecular weight is 467 g/mol. The van der Waals surface area contributed by atoms with Gasteiger partial charge in [-0.3, -0.25) is 9.69 Å². The standard InChI is InChI=1S/C28H38N2O4/c1-29(26(32)7-4-20-9-13-34-18-20)22-8-10-28(33)25-14-21-5-6-23(31)15-24(21)27(28,16-22)11-12-30(25)17-19-2-3-19/h4,7,9,13,18-19,22-23,25,31,33H,2-3,5-6,8,10-12,14-17H2,1H3/b7-4+/t22-,23-,25+,27+,28+/m0/s1. The number of aliphatic hydroxyl groups is 2. The highest BCUT2D eigenvalue weighted by Gasteiger charge is 2.65. The van der Waals surface area contributed by atoms with Crippen LogP contribution in [0.4, 0.5) is 0 Å². The van der Waals surface area contributed by atoms with E-state index in [-0.39, 0.29) is 29.5 Å². The molecule has 6 heteroatoms. The van der Waals surface area contributed by atoms with Crippen LogP contribution in [0, 0.1) is 11.3 Å². The lowest BCUT2D eigenvalue weighted by atomic mass is 9.47. The van der Waals surface area contributed by atoms with E-state index in [1.807, 2.05) is 18.0 Å². The third kappa shape index (κ3) is 3.61. The molecule has 2 heterocycles. The van der Waals surface area contributed by atoms with Gasteiger partial charge in [0.05, 0.1) is 24.2 Å². The van der Waals surface area contributed by atoms with E-state index in [9.17, 15) is 15.0 Å². The van der Waals surface area contributed by atoms with Gasteiger partial charge in [-0.05, 0) is 88.8 Å². The van der Waals surface area contributed by atoms with E-state index >= 15 is 0 Å². The molecule has 2 bridgehead atoms. The van der Waals surface area contributed by atoms with Gasteiger partial charge < -0.3 is 19.5 Å². The highest BCUT2D eigenvalue weighted by Crippen LogP contribution is 2.63. The summed E-state index contributed by atoms with van der Waals surface area (Å²) in [5, 5.41) is 23.1. The van der Waals surface area contributed by atoms with Crippen molar-refractivity contribution >= 4 is 12.0 Å². The number of nitrogens with zero attached hydrogens (tertiary/aromatic N) is 2. The molecule has 5 atom stereocenters. The third-order valence-electron chi connectivity index (χ3n) is 9.80. The molecule has 0 aromatic carbocycles. The lowest BCUT2D eigenvalue weighted by molar-refractivity contribution is -0.199. The number of hydrogen-bond donors (Lipinski definition) is 2. The Morgan fingerprint density at radius 2 is 2.12 bits per heavy atom. The quantitative estimate of drug-likeness (QED) is 0.511. The molecule has 2 N–H and O–H groups in total. The van der Waals surface area contributed by atoms with Crippen molar-refractivity contribution in [1.82, 2.24) is 9.80 Å². The van der Waals surface area contributed by atoms with Crippen molar-refractivity contribution in [2.75, 3.05) is 20.1 Å². The molecule has 5 aliphatic rings. The molecule has 6 rings (SSSR count). The van der Waals surface area contributed by atoms with Gasteiger partial charge in [-0.2, -0.15) is 0 Å². The largest absolute Gasteiger partial charge is 0.472 e. The summed E-state index contributed by atoms with van der Waals surface area (Å²) in [6.45, 7) is 2.13. The van der Waals surface area contributed by atoms with Crippen LogP contribution < -0.4 is 0 Å². The van der Waals surface area contributed by atoms with Crippen molar-refractivity contribution in [2.45, 2.75) is 88.0 Å². The topological polar surface area (TPSA) is 77.2 Å². The van der Waals surface area contributed by atoms with E-state index in [2.05, 4.69) is 4.90 Å². The van der Waals surface area contributed by atoms with Crippen LogP contribution in [-0.2, 0) is 4.79 Å². The van der Waals surface area contributed by atoms with Crippen LogP contribution in [0.1, 0.15) is 69.8 Å². The number of aliphatic hydroxyl groups excluding tert-OH is 1. The number of amides is 1. The van der Waals surface area contributed by atoms with Crippen molar-refractivity contribution < 1.29 is 19.4 Å². The molecule has 1 aromatic heterocycles. The molecule has 6 nitrogen and oxygen atoms in total. The molecule has 1 aromatic rings. The summed E-state index contributed by atoms with van der Waals surface area (Å²) in [4.78, 5) is 17.5. The maximum atomic E-state index is 13.0. The molecule has 1 aliphatic heterocycles. The van der Waals surface area contributed by atoms with E-state index in [0.29, 0.717) is 6.42 Å². The fraction of sp³-hybridized carbons (Fsp3) is 0.679. The molecular weight excluding hydrogens is 428 g/mol. The second-order valence-electron chi connectivity index (χ2n) is 11.6. The highest BCUT2D eigenvalue weighted by atomic mass is 16.3. The molecule has 4 aliphatic carbocycles. The summed E-state index contributed by atoms with van der Waals surface area (Å²) in [7, 11) is 1.90. The van der Waals surface area contributed by atoms with Gasteiger partial charge in [0.25, 0.3) is 0 Å². The summed E-state index contributed by atoms with van der Waals surface area (Å²) >= 11 is 0. The SMILES string of the molecule is CN(C(=O)/C=C/c1ccoc1)[C@H]1CC[C@@]2(O)[C@H]3CC4=C(C[C@@H](O)CC4)[C@@]2(CCN3CC2CC2)C1. The maximum Gasteiger partial charge on any atom is 0.246 e. The molecule has 34 heavy (non-hydrogen) atoms. The molecule has 1 saturated heterocycles. The second kappa shape index (κ2) is 8.35. The average Bonchev–Trinajstić information content (AvgIpc) is 3.49. The molecule has 0 spiro atoms. The summed E-state index contributed by atoms with van der Waals surface area (Å²) in [5.41, 5.74) is 2.63. The lowest BCUT2D eigenvalue weighted by Crippen LogP contribution is -2.72. The number of furan rings is 1. The van der Waals surface area contributed by atoms with Gasteiger partial charge in [0, 0.05) is 42.7 Å². The first-order chi connectivity index (χ1) is 16.4. The fourth-order valence-corrected chi connectivity index (χ4v) is 7.72. The Labute approximate surface area is 202 Å². The number of carbonyl (C=O) groups is 1. The van der Waals surface area contributed by atoms with Gasteiger partial charge in [-0.15, -0.1) is 0 Å². The Morgan fingerprint density at radius 1 is 1.26 bits per heavy atom. The predicted molar refractivity (Wildman–Crippen MR) is 130 cm³/mol. The highest BCUT2D eigenvalue weighted by molar-refractivity contribution is 5.91. The summed E-state index contributed by atoms with van der Waals surface area (Å²) in [5.74, 6) is 0.797. The molecule has 2 saturated carbocycles. The second-order valence-corrected chi connectivity index (χ2v) is 11.6. The Hall–Kier alpha value is -1.89. The number of likely N-dealkylation sites (N-methyl/N-ethyl adjacent to an activating group) is 1. The Morgan fingerprint density at radius 3 is 2.88 bits per heavy atom. The van der Waals surface area contributed by atoms with E-state index in [4.69, 9.17) is 4.42 Å². The summed E-state index contributed by atoms with van der Waals surface area (Å²) in [6.07, 6.45) is 15.7. The Bertz CT molecular complexity index is 996. The zero-order chi connectivity index (χ0) is 23.5. The minimum atomic E-state index is -0.761. The maximum absolute atomic E-state index is 13.0. The minimum Gasteiger partial charge on any atom is -0.472 e. The lowest BCUT2D eigenvalue weighted by Gasteiger charge is -2.66. The van der Waals surface area contributed by atoms with Gasteiger partial charge in [0.15, 0.2) is 0 Å². The van der Waals surface area contributed by atoms with E-state index in [1.54, 1.807) is 24.7 Å². The Balaban J connectivity index is 1.30. The van der Waals surface area contributed by atoms with Gasteiger partial charge in [-0.25, -0.2) is 0 Å². The minimum absolute atomic E-state index is 0.00977. The fourth-order valence-electron chi connectivity index (χ4n) is 7.72. The number of likely N-dealkylation sites (tertiary alicyclic amines) is 1. The van der Waals surface area contributed by atoms with E-state index in [1.165, 1.54) is 24.0 Å². The summed E-state index contributed by atoms with van der Waals surface area (Å²) in [6, 6.07) is 2.10. The first-order valence-corrected chi connectivity index (χ1v) is 13.2. The number of carbonyl (C=O) groups excluding carboxylic acids is 1. The molecular formula is C28H38N2O4. The zero-order valence-corrected chi connectivity index (χ0v) is 20.3. The molecule has 184 valence electrons. The van der Waals surface area contributed by atoms with Crippen LogP contribution in [-0.4, -0.2) is 69.8 Å². The smallest absolute Gasteiger partial charge is 0.246 e. The van der Waals surface area contributed by atoms with Crippen molar-refractivity contribution in [3.63, 3.8) is 0 Å². The first-order valence-electron chi connectivity index (χ1n) is 13.2. The number of piperidine rings is 1. The first kappa shape index (κ1) is 22.6. The molecule has 0 unspecified atom stereocenters. The van der Waals surface area contributed by atoms with Crippen LogP contribution in [0.2, 0.25) is 0 Å². The van der Waals surface area contributed by atoms with Crippen molar-refractivity contribution in [1.29, 1.82) is 0 Å². The third-order valence-corrected chi connectivity index (χ3v) is 9.80. The zero-order valence-electron chi connectivity index (χ0n) is 20.3. The monoisotopic (exact) mass is 466 g/mol. The molecule has 0 radical (unpaired) electrons. The van der Waals surface area contributed by atoms with Crippen LogP contribution in [0.5, 0.6) is 0 Å². The number of rotatable bonds is 5. The van der Waals surface area contributed by atoms with Gasteiger partial charge in [0.1, 0.15) is 0 Å². The molecule has 3 fully saturated rings. The van der Waals surface area contributed by atoms with Gasteiger partial charge in [0.2, 0.25) is 5.91 Å². The van der Waals surface area contributed by atoms with Crippen LogP contribution in [0.3, 0.4) is 0 Å². The molecule has 1 amide bonds. The van der Waals surface area contributed by atoms with Crippen molar-refractivity contribution in [3.05, 3.63) is 41.4 Å². The van der Waals surface area contributed by atoms with E-state index < -0.39 is 5.60 Å². The van der Waals surface area contributed by atoms with Gasteiger partial charge in [-0.1, -0.05) is 11.1 Å². The number of hydrogen-bond acceptors (Lipinski definition) is 5. The Kier molecular flexibility index (Phi) is 5.54. The van der Waals surface area contributed by atoms with Crippen molar-refractivity contribution in [3.8, 4) is 0 Å². The van der Waals surface area contributed by atoms with Crippen molar-refractivity contribution in [2.24, 2.45) is 11.3 Å². The van der Waals surface area contributed by atoms with Crippen LogP contribution in [0.15, 0.2) is 40.2 Å². The van der Waals surface area contributed by atoms with Gasteiger partial charge >= 0.3 is 0 Å². The normalized spacial score (nSPS) is 38.0. The predicted octanol–water partition coefficient (Wildman–Crippen LogP) is 3.75. The van der Waals surface area contributed by atoms with Crippen LogP contribution >= 0.6 is 0 Å². The van der Waals surface area contributed by atoms with Crippen LogP contribution in [0.25, 0.3) is 6.08 Å².